The van der Waals surface area contributed by atoms with Crippen LogP contribution in [-0.4, -0.2) is 100 Å². The van der Waals surface area contributed by atoms with Crippen molar-refractivity contribution in [3.05, 3.63) is 68.8 Å². The number of likely N-dealkylation sites (N-methyl/N-ethyl adjacent to an activating group) is 1. The minimum atomic E-state index is -1.08. The summed E-state index contributed by atoms with van der Waals surface area (Å²) in [5, 5.41) is 37.9. The van der Waals surface area contributed by atoms with Crippen LogP contribution in [0.25, 0.3) is 0 Å². The van der Waals surface area contributed by atoms with Gasteiger partial charge < -0.3 is 48.4 Å². The number of rotatable bonds is 14. The van der Waals surface area contributed by atoms with Crippen molar-refractivity contribution in [1.82, 2.24) is 15.1 Å². The second kappa shape index (κ2) is 17.4. The number of carbonyl (C=O) groups excluding carboxylic acids is 1. The molecule has 4 atom stereocenters. The predicted molar refractivity (Wildman–Crippen MR) is 206 cm³/mol. The van der Waals surface area contributed by atoms with E-state index in [-0.39, 0.29) is 36.1 Å². The largest absolute Gasteiger partial charge is 0.504 e. The molecule has 0 fully saturated rings. The summed E-state index contributed by atoms with van der Waals surface area (Å²) in [6.45, 7) is 8.65. The Balaban J connectivity index is 1.64. The van der Waals surface area contributed by atoms with Gasteiger partial charge in [0.1, 0.15) is 17.5 Å². The second-order valence-electron chi connectivity index (χ2n) is 13.6. The van der Waals surface area contributed by atoms with E-state index < -0.39 is 32.5 Å². The number of ether oxygens (including phenoxy) is 4. The highest BCUT2D eigenvalue weighted by Gasteiger charge is 2.50. The maximum absolute atomic E-state index is 13.9. The number of carbonyl (C=O) groups is 1. The van der Waals surface area contributed by atoms with E-state index in [9.17, 15) is 20.3 Å². The first-order chi connectivity index (χ1) is 25.9. The average molecular weight is 765 g/mol. The number of hydrogen-bond acceptors (Lipinski definition) is 12. The molecule has 0 aromatic heterocycles. The summed E-state index contributed by atoms with van der Waals surface area (Å²) in [6.07, 6.45) is 1.14. The third-order valence-electron chi connectivity index (χ3n) is 10.5. The molecule has 2 aliphatic rings. The van der Waals surface area contributed by atoms with Crippen LogP contribution in [0.15, 0.2) is 24.3 Å². The molecular formula is C40H53N4O9P. The van der Waals surface area contributed by atoms with Crippen molar-refractivity contribution in [2.45, 2.75) is 70.9 Å². The number of hydrogen-bond donors (Lipinski definition) is 3. The first-order valence-electron chi connectivity index (χ1n) is 18.1. The zero-order valence-corrected chi connectivity index (χ0v) is 33.8. The smallest absolute Gasteiger partial charge is 0.251 e. The molecule has 3 aromatic carbocycles. The van der Waals surface area contributed by atoms with Crippen LogP contribution in [0.2, 0.25) is 0 Å². The fourth-order valence-corrected chi connectivity index (χ4v) is 9.72. The highest BCUT2D eigenvalue weighted by atomic mass is 31.2. The minimum absolute atomic E-state index is 0.0158. The number of phenolic OH excluding ortho intramolecular Hbond substituents is 2. The quantitative estimate of drug-likeness (QED) is 0.163. The van der Waals surface area contributed by atoms with Gasteiger partial charge in [0.25, 0.3) is 5.91 Å². The first kappa shape index (κ1) is 40.9. The molecule has 13 nitrogen and oxygen atoms in total. The molecule has 1 amide bonds. The van der Waals surface area contributed by atoms with Gasteiger partial charge in [-0.25, -0.2) is 0 Å². The first-order valence-corrected chi connectivity index (χ1v) is 19.4. The third kappa shape index (κ3) is 7.38. The Labute approximate surface area is 319 Å². The molecule has 3 aromatic rings. The molecule has 0 aliphatic carbocycles. The molecule has 5 rings (SSSR count). The Morgan fingerprint density at radius 1 is 0.870 bits per heavy atom. The number of nitrogens with zero attached hydrogens (tertiary/aromatic N) is 3. The molecule has 2 unspecified atom stereocenters. The van der Waals surface area contributed by atoms with Gasteiger partial charge in [-0.1, -0.05) is 12.1 Å². The summed E-state index contributed by atoms with van der Waals surface area (Å²) < 4.78 is 34.9. The fraction of sp³-hybridized carbons (Fsp3) is 0.500. The van der Waals surface area contributed by atoms with Gasteiger partial charge in [0.15, 0.2) is 31.4 Å². The minimum Gasteiger partial charge on any atom is -0.504 e. The number of benzene rings is 3. The summed E-state index contributed by atoms with van der Waals surface area (Å²) in [5.41, 5.74) is 5.23. The van der Waals surface area contributed by atoms with E-state index in [1.54, 1.807) is 26.4 Å². The Bertz CT molecular complexity index is 1880. The number of methoxy groups -OCH3 is 4. The van der Waals surface area contributed by atoms with E-state index in [0.717, 1.165) is 11.1 Å². The summed E-state index contributed by atoms with van der Waals surface area (Å²) in [4.78, 5) is 17.9. The Morgan fingerprint density at radius 2 is 1.39 bits per heavy atom. The lowest BCUT2D eigenvalue weighted by Gasteiger charge is -2.48. The van der Waals surface area contributed by atoms with Crippen molar-refractivity contribution in [3.8, 4) is 40.6 Å². The molecule has 0 radical (unpaired) electrons. The van der Waals surface area contributed by atoms with Gasteiger partial charge in [0.05, 0.1) is 59.8 Å². The number of nitrogens with one attached hydrogen (secondary N) is 1. The number of phenols is 2. The molecule has 2 aliphatic heterocycles. The molecule has 2 heterocycles. The summed E-state index contributed by atoms with van der Waals surface area (Å²) >= 11 is 0. The molecule has 14 heteroatoms. The zero-order valence-electron chi connectivity index (χ0n) is 32.9. The Hall–Kier alpha value is -4.31. The number of aromatic hydroxyl groups is 2. The highest BCUT2D eigenvalue weighted by Crippen LogP contribution is 2.56. The van der Waals surface area contributed by atoms with Gasteiger partial charge in [-0.05, 0) is 65.9 Å². The van der Waals surface area contributed by atoms with Crippen molar-refractivity contribution >= 4 is 14.3 Å². The van der Waals surface area contributed by atoms with Gasteiger partial charge in [-0.15, -0.1) is 0 Å². The number of nitriles is 1. The maximum atomic E-state index is 13.9. The Kier molecular flexibility index (Phi) is 13.2. The molecule has 0 saturated heterocycles. The van der Waals surface area contributed by atoms with E-state index in [0.29, 0.717) is 76.4 Å². The topological polar surface area (TPSA) is 155 Å². The van der Waals surface area contributed by atoms with Gasteiger partial charge in [-0.3, -0.25) is 9.69 Å². The van der Waals surface area contributed by atoms with Crippen molar-refractivity contribution in [1.29, 1.82) is 5.26 Å². The summed E-state index contributed by atoms with van der Waals surface area (Å²) in [5.74, 6) is 1.22. The van der Waals surface area contributed by atoms with E-state index >= 15 is 0 Å². The SMILES string of the molecule is CCOP(Cc1ccc(C(=O)NCC2c3c(O)c(OC)c(C)c(OC)c3CC3[C@H](N(C)C)c4c(O)c(OC)c(C)c(OC)c4C[C@H](C#N)N23)cc1)OCC. The average Bonchev–Trinajstić information content (AvgIpc) is 3.29. The van der Waals surface area contributed by atoms with Crippen LogP contribution in [0.1, 0.15) is 75.2 Å². The zero-order chi connectivity index (χ0) is 39.4. The van der Waals surface area contributed by atoms with Crippen molar-refractivity contribution in [3.63, 3.8) is 0 Å². The third-order valence-corrected chi connectivity index (χ3v) is 12.2. The lowest BCUT2D eigenvalue weighted by Crippen LogP contribution is -2.55. The molecule has 3 N–H and O–H groups in total. The van der Waals surface area contributed by atoms with E-state index in [4.69, 9.17) is 28.0 Å². The highest BCUT2D eigenvalue weighted by molar-refractivity contribution is 7.46. The summed E-state index contributed by atoms with van der Waals surface area (Å²) in [7, 11) is 8.91. The van der Waals surface area contributed by atoms with Crippen molar-refractivity contribution in [2.24, 2.45) is 0 Å². The van der Waals surface area contributed by atoms with E-state index in [1.807, 2.05) is 58.8 Å². The second-order valence-corrected chi connectivity index (χ2v) is 15.1. The lowest BCUT2D eigenvalue weighted by molar-refractivity contribution is 0.0380. The maximum Gasteiger partial charge on any atom is 0.251 e. The van der Waals surface area contributed by atoms with Gasteiger partial charge >= 0.3 is 0 Å². The Morgan fingerprint density at radius 3 is 1.87 bits per heavy atom. The van der Waals surface area contributed by atoms with Crippen LogP contribution in [-0.2, 0) is 28.1 Å². The summed E-state index contributed by atoms with van der Waals surface area (Å²) in [6, 6.07) is 7.44. The standard InChI is InChI=1S/C40H53N4O9P/c1-11-52-54(53-12-2)21-24-13-15-25(16-14-24)40(47)42-20-30-31-28(37(49-8)23(4)38(50-9)34(31)45)18-29-33(43(5)6)32-27(17-26(19-41)44(29)30)36(48-7)22(3)39(51-10)35(32)46/h13-16,26,29-30,33,45-46H,11-12,17-18,20-21H2,1-10H3,(H,42,47)/t26-,29?,30?,33+/m1/s1. The van der Waals surface area contributed by atoms with E-state index in [1.165, 1.54) is 14.2 Å². The number of fused-ring (bicyclic) bond motifs is 3. The molecule has 0 saturated carbocycles. The predicted octanol–water partition coefficient (Wildman–Crippen LogP) is 6.08. The molecule has 54 heavy (non-hydrogen) atoms. The fourth-order valence-electron chi connectivity index (χ4n) is 8.37. The molecule has 0 bridgehead atoms. The molecule has 292 valence electrons. The molecular weight excluding hydrogens is 711 g/mol. The van der Waals surface area contributed by atoms with Crippen LogP contribution in [0, 0.1) is 25.2 Å². The van der Waals surface area contributed by atoms with Gasteiger partial charge in [0, 0.05) is 64.1 Å². The molecule has 0 spiro atoms. The van der Waals surface area contributed by atoms with Crippen LogP contribution >= 0.6 is 8.38 Å². The lowest BCUT2D eigenvalue weighted by atomic mass is 9.80. The van der Waals surface area contributed by atoms with Crippen LogP contribution < -0.4 is 24.3 Å². The van der Waals surface area contributed by atoms with Crippen molar-refractivity contribution < 1.29 is 43.0 Å². The van der Waals surface area contributed by atoms with Gasteiger partial charge in [-0.2, -0.15) is 5.26 Å². The van der Waals surface area contributed by atoms with Crippen molar-refractivity contribution in [2.75, 3.05) is 62.3 Å². The van der Waals surface area contributed by atoms with Crippen LogP contribution in [0.3, 0.4) is 0 Å². The number of amides is 1. The monoisotopic (exact) mass is 764 g/mol. The van der Waals surface area contributed by atoms with Crippen LogP contribution in [0.4, 0.5) is 0 Å². The van der Waals surface area contributed by atoms with E-state index in [2.05, 4.69) is 16.3 Å². The normalized spacial score (nSPS) is 19.3. The van der Waals surface area contributed by atoms with Gasteiger partial charge in [0.2, 0.25) is 0 Å². The van der Waals surface area contributed by atoms with Crippen LogP contribution in [0.5, 0.6) is 34.5 Å².